The molecule has 1 unspecified atom stereocenters. The van der Waals surface area contributed by atoms with Crippen LogP contribution in [0.1, 0.15) is 29.2 Å². The van der Waals surface area contributed by atoms with Gasteiger partial charge in [-0.05, 0) is 29.7 Å². The number of aromatic nitrogens is 1. The number of para-hydroxylation sites is 2. The van der Waals surface area contributed by atoms with E-state index in [1.54, 1.807) is 12.1 Å². The molecule has 0 fully saturated rings. The Balaban J connectivity index is 1.94. The first-order valence-electron chi connectivity index (χ1n) is 8.40. The van der Waals surface area contributed by atoms with E-state index in [2.05, 4.69) is 5.43 Å². The van der Waals surface area contributed by atoms with Crippen LogP contribution in [0.15, 0.2) is 54.6 Å². The van der Waals surface area contributed by atoms with Crippen LogP contribution < -0.4 is 5.43 Å². The number of carbonyl (C=O) groups excluding carboxylic acids is 2. The maximum atomic E-state index is 12.8. The van der Waals surface area contributed by atoms with Crippen molar-refractivity contribution < 1.29 is 19.4 Å². The molecule has 0 bridgehead atoms. The van der Waals surface area contributed by atoms with E-state index in [-0.39, 0.29) is 11.3 Å². The van der Waals surface area contributed by atoms with Crippen molar-refractivity contribution in [2.45, 2.75) is 13.2 Å². The molecule has 7 heteroatoms. The number of rotatable bonds is 5. The second-order valence-electron chi connectivity index (χ2n) is 6.11. The Labute approximate surface area is 156 Å². The van der Waals surface area contributed by atoms with E-state index in [0.717, 1.165) is 21.6 Å². The Morgan fingerprint density at radius 2 is 1.81 bits per heavy atom. The van der Waals surface area contributed by atoms with Crippen molar-refractivity contribution in [3.63, 3.8) is 0 Å². The number of fused-ring (bicyclic) bond motifs is 1. The third kappa shape index (κ3) is 3.55. The van der Waals surface area contributed by atoms with Crippen molar-refractivity contribution in [3.8, 4) is 5.75 Å². The standard InChI is InChI=1S/C20H21N3O4/c1-13(24)23(20(26)15-9-5-7-11-18(15)25)21-19(27-3)17-12-14-8-4-6-10-16(14)22(17)2/h4-12,19,21,25H,1-3H3. The number of imide groups is 1. The molecule has 3 aromatic rings. The molecule has 2 N–H and O–H groups in total. The van der Waals surface area contributed by atoms with Gasteiger partial charge in [0.25, 0.3) is 5.91 Å². The number of nitrogens with one attached hydrogen (secondary N) is 1. The summed E-state index contributed by atoms with van der Waals surface area (Å²) in [4.78, 5) is 24.9. The average molecular weight is 367 g/mol. The van der Waals surface area contributed by atoms with Crippen molar-refractivity contribution in [1.82, 2.24) is 15.0 Å². The van der Waals surface area contributed by atoms with Crippen LogP contribution in [0.3, 0.4) is 0 Å². The van der Waals surface area contributed by atoms with Crippen molar-refractivity contribution in [2.75, 3.05) is 7.11 Å². The van der Waals surface area contributed by atoms with Gasteiger partial charge in [0.05, 0.1) is 11.3 Å². The third-order valence-corrected chi connectivity index (χ3v) is 4.39. The summed E-state index contributed by atoms with van der Waals surface area (Å²) in [5.74, 6) is -1.39. The van der Waals surface area contributed by atoms with Crippen molar-refractivity contribution in [2.24, 2.45) is 7.05 Å². The largest absolute Gasteiger partial charge is 0.507 e. The monoisotopic (exact) mass is 367 g/mol. The summed E-state index contributed by atoms with van der Waals surface area (Å²) < 4.78 is 7.43. The van der Waals surface area contributed by atoms with Gasteiger partial charge < -0.3 is 14.4 Å². The summed E-state index contributed by atoms with van der Waals surface area (Å²) in [5.41, 5.74) is 4.59. The number of hydrogen-bond donors (Lipinski definition) is 2. The van der Waals surface area contributed by atoms with Gasteiger partial charge in [-0.15, -0.1) is 0 Å². The Kier molecular flexibility index (Phi) is 5.25. The topological polar surface area (TPSA) is 83.8 Å². The number of ether oxygens (including phenoxy) is 1. The van der Waals surface area contributed by atoms with Crippen LogP contribution in [0.5, 0.6) is 5.75 Å². The zero-order chi connectivity index (χ0) is 19.6. The Bertz CT molecular complexity index is 996. The first-order valence-corrected chi connectivity index (χ1v) is 8.40. The molecule has 2 aromatic carbocycles. The van der Waals surface area contributed by atoms with E-state index in [9.17, 15) is 14.7 Å². The molecule has 27 heavy (non-hydrogen) atoms. The first-order chi connectivity index (χ1) is 12.9. The van der Waals surface area contributed by atoms with Crippen LogP contribution >= 0.6 is 0 Å². The molecule has 1 aromatic heterocycles. The number of amides is 2. The molecular formula is C20H21N3O4. The minimum Gasteiger partial charge on any atom is -0.507 e. The summed E-state index contributed by atoms with van der Waals surface area (Å²) in [5, 5.41) is 11.8. The minimum atomic E-state index is -0.749. The van der Waals surface area contributed by atoms with E-state index in [4.69, 9.17) is 4.74 Å². The lowest BCUT2D eigenvalue weighted by atomic mass is 10.2. The summed E-state index contributed by atoms with van der Waals surface area (Å²) in [6, 6.07) is 15.8. The number of aromatic hydroxyl groups is 1. The molecule has 0 aliphatic carbocycles. The predicted octanol–water partition coefficient (Wildman–Crippen LogP) is 2.72. The van der Waals surface area contributed by atoms with Crippen LogP contribution in [0.2, 0.25) is 0 Å². The van der Waals surface area contributed by atoms with Crippen molar-refractivity contribution in [3.05, 3.63) is 65.9 Å². The summed E-state index contributed by atoms with van der Waals surface area (Å²) in [7, 11) is 3.37. The van der Waals surface area contributed by atoms with E-state index in [1.165, 1.54) is 26.2 Å². The maximum Gasteiger partial charge on any atom is 0.278 e. The normalized spacial score (nSPS) is 12.1. The molecule has 0 aliphatic rings. The number of methoxy groups -OCH3 is 1. The zero-order valence-corrected chi connectivity index (χ0v) is 15.3. The molecule has 140 valence electrons. The number of phenolic OH excluding ortho intramolecular Hbond substituents is 1. The third-order valence-electron chi connectivity index (χ3n) is 4.39. The van der Waals surface area contributed by atoms with E-state index < -0.39 is 18.0 Å². The molecule has 7 nitrogen and oxygen atoms in total. The Morgan fingerprint density at radius 1 is 1.15 bits per heavy atom. The number of phenols is 1. The van der Waals surface area contributed by atoms with Gasteiger partial charge in [0.2, 0.25) is 5.91 Å². The van der Waals surface area contributed by atoms with Crippen molar-refractivity contribution >= 4 is 22.7 Å². The number of nitrogens with zero attached hydrogens (tertiary/aromatic N) is 2. The van der Waals surface area contributed by atoms with E-state index >= 15 is 0 Å². The molecular weight excluding hydrogens is 346 g/mol. The van der Waals surface area contributed by atoms with Crippen LogP contribution in [0, 0.1) is 0 Å². The zero-order valence-electron chi connectivity index (χ0n) is 15.3. The highest BCUT2D eigenvalue weighted by atomic mass is 16.5. The highest BCUT2D eigenvalue weighted by molar-refractivity contribution is 6.05. The fourth-order valence-electron chi connectivity index (χ4n) is 2.99. The SMILES string of the molecule is COC(NN(C(C)=O)C(=O)c1ccccc1O)c1cc2ccccc2n1C. The fraction of sp³-hybridized carbons (Fsp3) is 0.200. The summed E-state index contributed by atoms with van der Waals surface area (Å²) >= 11 is 0. The lowest BCUT2D eigenvalue weighted by molar-refractivity contribution is -0.132. The Morgan fingerprint density at radius 3 is 2.44 bits per heavy atom. The lowest BCUT2D eigenvalue weighted by Crippen LogP contribution is -2.48. The van der Waals surface area contributed by atoms with Gasteiger partial charge >= 0.3 is 0 Å². The smallest absolute Gasteiger partial charge is 0.278 e. The second-order valence-corrected chi connectivity index (χ2v) is 6.11. The first kappa shape index (κ1) is 18.6. The van der Waals surface area contributed by atoms with Gasteiger partial charge in [-0.25, -0.2) is 5.01 Å². The van der Waals surface area contributed by atoms with Crippen molar-refractivity contribution in [1.29, 1.82) is 0 Å². The number of hydrogen-bond acceptors (Lipinski definition) is 5. The predicted molar refractivity (Wildman–Crippen MR) is 101 cm³/mol. The molecule has 0 aliphatic heterocycles. The fourth-order valence-corrected chi connectivity index (χ4v) is 2.99. The molecule has 1 atom stereocenters. The highest BCUT2D eigenvalue weighted by Gasteiger charge is 2.27. The van der Waals surface area contributed by atoms with E-state index in [0.29, 0.717) is 0 Å². The summed E-state index contributed by atoms with van der Waals surface area (Å²) in [6.07, 6.45) is -0.749. The number of aryl methyl sites for hydroxylation is 1. The van der Waals surface area contributed by atoms with Crippen LogP contribution in [0.25, 0.3) is 10.9 Å². The Hall–Kier alpha value is -3.16. The second kappa shape index (κ2) is 7.61. The quantitative estimate of drug-likeness (QED) is 0.535. The number of hydrazine groups is 1. The maximum absolute atomic E-state index is 12.8. The molecule has 0 spiro atoms. The average Bonchev–Trinajstić information content (AvgIpc) is 2.99. The lowest BCUT2D eigenvalue weighted by Gasteiger charge is -2.26. The highest BCUT2D eigenvalue weighted by Crippen LogP contribution is 2.25. The summed E-state index contributed by atoms with van der Waals surface area (Å²) in [6.45, 7) is 1.26. The van der Waals surface area contributed by atoms with Gasteiger partial charge in [-0.1, -0.05) is 30.3 Å². The van der Waals surface area contributed by atoms with Gasteiger partial charge in [-0.2, -0.15) is 5.43 Å². The van der Waals surface area contributed by atoms with Crippen LogP contribution in [-0.4, -0.2) is 33.6 Å². The molecule has 3 rings (SSSR count). The molecule has 0 saturated heterocycles. The minimum absolute atomic E-state index is 0.0205. The molecule has 0 radical (unpaired) electrons. The number of carbonyl (C=O) groups is 2. The van der Waals surface area contributed by atoms with E-state index in [1.807, 2.05) is 41.9 Å². The van der Waals surface area contributed by atoms with Gasteiger partial charge in [0.15, 0.2) is 6.23 Å². The van der Waals surface area contributed by atoms with Gasteiger partial charge in [-0.3, -0.25) is 9.59 Å². The number of benzene rings is 2. The van der Waals surface area contributed by atoms with Gasteiger partial charge in [0.1, 0.15) is 5.75 Å². The van der Waals surface area contributed by atoms with Gasteiger partial charge in [0, 0.05) is 26.6 Å². The van der Waals surface area contributed by atoms with Crippen LogP contribution in [0.4, 0.5) is 0 Å². The van der Waals surface area contributed by atoms with Crippen LogP contribution in [-0.2, 0) is 16.6 Å². The molecule has 1 heterocycles. The molecule has 2 amide bonds. The molecule has 0 saturated carbocycles.